The lowest BCUT2D eigenvalue weighted by molar-refractivity contribution is -0.139. The molecule has 0 spiro atoms. The molecule has 0 saturated carbocycles. The van der Waals surface area contributed by atoms with Gasteiger partial charge in [-0.05, 0) is 0 Å². The van der Waals surface area contributed by atoms with Crippen molar-refractivity contribution >= 4 is 12.0 Å². The Labute approximate surface area is 79.9 Å². The summed E-state index contributed by atoms with van der Waals surface area (Å²) in [6, 6.07) is -0.892. The Morgan fingerprint density at radius 1 is 1.71 bits per heavy atom. The highest BCUT2D eigenvalue weighted by molar-refractivity contribution is 5.85. The molecule has 1 aromatic rings. The van der Waals surface area contributed by atoms with Crippen molar-refractivity contribution in [3.8, 4) is 0 Å². The van der Waals surface area contributed by atoms with Crippen LogP contribution in [0.3, 0.4) is 0 Å². The third kappa shape index (κ3) is 1.59. The van der Waals surface area contributed by atoms with Crippen LogP contribution < -0.4 is 5.32 Å². The highest BCUT2D eigenvalue weighted by Gasteiger charge is 2.28. The number of esters is 1. The van der Waals surface area contributed by atoms with Crippen molar-refractivity contribution in [1.82, 2.24) is 14.9 Å². The molecule has 0 aliphatic carbocycles. The van der Waals surface area contributed by atoms with Gasteiger partial charge in [-0.3, -0.25) is 4.57 Å². The lowest BCUT2D eigenvalue weighted by Crippen LogP contribution is -2.39. The SMILES string of the molecule is O=C1OCC[C@@H]1NC(=O)n1ccnc1. The quantitative estimate of drug-likeness (QED) is 0.627. The van der Waals surface area contributed by atoms with E-state index in [4.69, 9.17) is 4.74 Å². The van der Waals surface area contributed by atoms with Crippen LogP contribution in [-0.2, 0) is 9.53 Å². The van der Waals surface area contributed by atoms with E-state index in [1.54, 1.807) is 0 Å². The van der Waals surface area contributed by atoms with Crippen molar-refractivity contribution in [2.24, 2.45) is 0 Å². The van der Waals surface area contributed by atoms with E-state index in [1.165, 1.54) is 23.3 Å². The van der Waals surface area contributed by atoms with Crippen molar-refractivity contribution < 1.29 is 14.3 Å². The molecule has 74 valence electrons. The van der Waals surface area contributed by atoms with Crippen LogP contribution >= 0.6 is 0 Å². The molecule has 0 bridgehead atoms. The number of nitrogens with one attached hydrogen (secondary N) is 1. The average molecular weight is 195 g/mol. The Morgan fingerprint density at radius 2 is 2.57 bits per heavy atom. The van der Waals surface area contributed by atoms with Crippen molar-refractivity contribution in [1.29, 1.82) is 0 Å². The first-order valence-corrected chi connectivity index (χ1v) is 4.23. The van der Waals surface area contributed by atoms with E-state index in [0.29, 0.717) is 13.0 Å². The summed E-state index contributed by atoms with van der Waals surface area (Å²) in [6.45, 7) is 0.369. The fourth-order valence-corrected chi connectivity index (χ4v) is 1.23. The minimum absolute atomic E-state index is 0.369. The summed E-state index contributed by atoms with van der Waals surface area (Å²) in [5.41, 5.74) is 0. The predicted molar refractivity (Wildman–Crippen MR) is 45.5 cm³/mol. The Morgan fingerprint density at radius 3 is 3.14 bits per heavy atom. The minimum atomic E-state index is -0.523. The van der Waals surface area contributed by atoms with Gasteiger partial charge in [0.25, 0.3) is 0 Å². The molecule has 1 aliphatic heterocycles. The molecule has 0 unspecified atom stereocenters. The second-order valence-electron chi connectivity index (χ2n) is 2.93. The van der Waals surface area contributed by atoms with Crippen LogP contribution in [0.1, 0.15) is 6.42 Å². The third-order valence-corrected chi connectivity index (χ3v) is 1.97. The molecule has 1 aromatic heterocycles. The minimum Gasteiger partial charge on any atom is -0.464 e. The number of rotatable bonds is 1. The summed E-state index contributed by atoms with van der Waals surface area (Å²) in [5.74, 6) is -0.376. The lowest BCUT2D eigenvalue weighted by Gasteiger charge is -2.07. The van der Waals surface area contributed by atoms with Crippen molar-refractivity contribution in [2.75, 3.05) is 6.61 Å². The smallest absolute Gasteiger partial charge is 0.328 e. The number of amides is 1. The Bertz CT molecular complexity index is 347. The van der Waals surface area contributed by atoms with Crippen LogP contribution in [0, 0.1) is 0 Å². The van der Waals surface area contributed by atoms with Crippen molar-refractivity contribution in [2.45, 2.75) is 12.5 Å². The summed E-state index contributed by atoms with van der Waals surface area (Å²) in [7, 11) is 0. The maximum Gasteiger partial charge on any atom is 0.328 e. The number of ether oxygens (including phenoxy) is 1. The molecule has 1 aliphatic rings. The second-order valence-corrected chi connectivity index (χ2v) is 2.93. The van der Waals surface area contributed by atoms with Crippen LogP contribution in [0.2, 0.25) is 0 Å². The summed E-state index contributed by atoms with van der Waals surface area (Å²) in [6.07, 6.45) is 4.90. The van der Waals surface area contributed by atoms with E-state index in [-0.39, 0.29) is 12.0 Å². The number of hydrogen-bond acceptors (Lipinski definition) is 4. The normalized spacial score (nSPS) is 20.6. The molecule has 6 nitrogen and oxygen atoms in total. The predicted octanol–water partition coefficient (Wildman–Crippen LogP) is -0.244. The first-order chi connectivity index (χ1) is 6.77. The number of carbonyl (C=O) groups excluding carboxylic acids is 2. The first kappa shape index (κ1) is 8.74. The summed E-state index contributed by atoms with van der Waals surface area (Å²) < 4.78 is 5.97. The molecule has 1 fully saturated rings. The van der Waals surface area contributed by atoms with Gasteiger partial charge in [-0.2, -0.15) is 0 Å². The lowest BCUT2D eigenvalue weighted by atomic mass is 10.2. The molecular formula is C8H9N3O3. The van der Waals surface area contributed by atoms with E-state index in [9.17, 15) is 9.59 Å². The highest BCUT2D eigenvalue weighted by atomic mass is 16.5. The molecule has 2 rings (SSSR count). The molecule has 6 heteroatoms. The molecule has 0 radical (unpaired) electrons. The zero-order valence-corrected chi connectivity index (χ0v) is 7.34. The zero-order chi connectivity index (χ0) is 9.97. The average Bonchev–Trinajstić information content (AvgIpc) is 2.77. The van der Waals surface area contributed by atoms with Gasteiger partial charge in [0.2, 0.25) is 0 Å². The Kier molecular flexibility index (Phi) is 2.18. The third-order valence-electron chi connectivity index (χ3n) is 1.97. The van der Waals surface area contributed by atoms with Gasteiger partial charge in [0.05, 0.1) is 6.61 Å². The van der Waals surface area contributed by atoms with E-state index < -0.39 is 6.04 Å². The first-order valence-electron chi connectivity index (χ1n) is 4.23. The number of hydrogen-bond donors (Lipinski definition) is 1. The number of nitrogens with zero attached hydrogens (tertiary/aromatic N) is 2. The molecule has 14 heavy (non-hydrogen) atoms. The van der Waals surface area contributed by atoms with Gasteiger partial charge in [0.1, 0.15) is 12.4 Å². The second kappa shape index (κ2) is 3.49. The van der Waals surface area contributed by atoms with E-state index >= 15 is 0 Å². The van der Waals surface area contributed by atoms with Crippen LogP contribution in [-0.4, -0.2) is 34.2 Å². The van der Waals surface area contributed by atoms with E-state index in [0.717, 1.165) is 0 Å². The number of imidazole rings is 1. The fourth-order valence-electron chi connectivity index (χ4n) is 1.23. The van der Waals surface area contributed by atoms with Gasteiger partial charge < -0.3 is 10.1 Å². The van der Waals surface area contributed by atoms with Gasteiger partial charge in [-0.15, -0.1) is 0 Å². The highest BCUT2D eigenvalue weighted by Crippen LogP contribution is 2.05. The maximum atomic E-state index is 11.4. The van der Waals surface area contributed by atoms with Gasteiger partial charge in [-0.1, -0.05) is 0 Å². The van der Waals surface area contributed by atoms with E-state index in [2.05, 4.69) is 10.3 Å². The van der Waals surface area contributed by atoms with E-state index in [1.807, 2.05) is 0 Å². The van der Waals surface area contributed by atoms with Crippen LogP contribution in [0.4, 0.5) is 4.79 Å². The van der Waals surface area contributed by atoms with Crippen molar-refractivity contribution in [3.63, 3.8) is 0 Å². The van der Waals surface area contributed by atoms with Crippen LogP contribution in [0.5, 0.6) is 0 Å². The Hall–Kier alpha value is -1.85. The molecule has 0 aromatic carbocycles. The zero-order valence-electron chi connectivity index (χ0n) is 7.34. The number of cyclic esters (lactones) is 1. The standard InChI is InChI=1S/C8H9N3O3/c12-7-6(1-4-14-7)10-8(13)11-3-2-9-5-11/h2-3,5-6H,1,4H2,(H,10,13)/t6-/m0/s1. The summed E-state index contributed by atoms with van der Waals surface area (Å²) in [4.78, 5) is 26.2. The number of aromatic nitrogens is 2. The molecule has 2 heterocycles. The van der Waals surface area contributed by atoms with Gasteiger partial charge in [-0.25, -0.2) is 14.6 Å². The molecule has 1 amide bonds. The monoisotopic (exact) mass is 195 g/mol. The summed E-state index contributed by atoms with van der Waals surface area (Å²) in [5, 5.41) is 2.54. The van der Waals surface area contributed by atoms with Crippen LogP contribution in [0.15, 0.2) is 18.7 Å². The molecule has 1 N–H and O–H groups in total. The topological polar surface area (TPSA) is 73.2 Å². The number of carbonyl (C=O) groups is 2. The maximum absolute atomic E-state index is 11.4. The van der Waals surface area contributed by atoms with Gasteiger partial charge in [0, 0.05) is 18.8 Å². The van der Waals surface area contributed by atoms with Crippen LogP contribution in [0.25, 0.3) is 0 Å². The van der Waals surface area contributed by atoms with Gasteiger partial charge in [0.15, 0.2) is 0 Å². The van der Waals surface area contributed by atoms with Crippen molar-refractivity contribution in [3.05, 3.63) is 18.7 Å². The summed E-state index contributed by atoms with van der Waals surface area (Å²) >= 11 is 0. The molecule has 1 saturated heterocycles. The molecular weight excluding hydrogens is 186 g/mol. The molecule has 1 atom stereocenters. The Balaban J connectivity index is 1.98. The fraction of sp³-hybridized carbons (Fsp3) is 0.375. The largest absolute Gasteiger partial charge is 0.464 e. The van der Waals surface area contributed by atoms with Gasteiger partial charge >= 0.3 is 12.0 Å².